The number of pyridine rings is 2. The van der Waals surface area contributed by atoms with Crippen molar-refractivity contribution in [1.29, 1.82) is 0 Å². The van der Waals surface area contributed by atoms with Crippen LogP contribution in [0.1, 0.15) is 6.42 Å². The maximum Gasteiger partial charge on any atom is 0.126 e. The van der Waals surface area contributed by atoms with Crippen molar-refractivity contribution < 1.29 is 13.5 Å². The van der Waals surface area contributed by atoms with Crippen LogP contribution in [0, 0.1) is 11.6 Å². The second-order valence-corrected chi connectivity index (χ2v) is 9.06. The first-order chi connectivity index (χ1) is 17.1. The molecule has 2 unspecified atom stereocenters. The van der Waals surface area contributed by atoms with E-state index in [9.17, 15) is 8.78 Å². The number of benzene rings is 2. The highest BCUT2D eigenvalue weighted by Gasteiger charge is 2.33. The number of nitrogens with one attached hydrogen (secondary N) is 1. The number of fused-ring (bicyclic) bond motifs is 2. The lowest BCUT2D eigenvalue weighted by Crippen LogP contribution is -2.57. The van der Waals surface area contributed by atoms with E-state index in [1.807, 2.05) is 24.3 Å². The lowest BCUT2D eigenvalue weighted by atomic mass is 9.95. The van der Waals surface area contributed by atoms with Crippen LogP contribution in [0.4, 0.5) is 20.2 Å². The van der Waals surface area contributed by atoms with Crippen molar-refractivity contribution in [3.05, 3.63) is 72.6 Å². The lowest BCUT2D eigenvalue weighted by Gasteiger charge is -2.43. The molecule has 2 saturated heterocycles. The molecule has 35 heavy (non-hydrogen) atoms. The number of nitrogen functional groups attached to an aromatic ring is 1. The van der Waals surface area contributed by atoms with E-state index in [4.69, 9.17) is 10.5 Å². The molecule has 4 heterocycles. The summed E-state index contributed by atoms with van der Waals surface area (Å²) in [5, 5.41) is 4.42. The number of anilines is 2. The van der Waals surface area contributed by atoms with Gasteiger partial charge in [0.2, 0.25) is 0 Å². The number of rotatable bonds is 3. The van der Waals surface area contributed by atoms with Crippen LogP contribution in [0.2, 0.25) is 0 Å². The van der Waals surface area contributed by atoms with Crippen LogP contribution in [-0.4, -0.2) is 48.4 Å². The number of hydrogen-bond donors (Lipinski definition) is 2. The number of nitrogens with two attached hydrogens (primary N) is 1. The Balaban J connectivity index is 1.55. The fourth-order valence-corrected chi connectivity index (χ4v) is 5.22. The van der Waals surface area contributed by atoms with Crippen LogP contribution >= 0.6 is 0 Å². The van der Waals surface area contributed by atoms with Crippen LogP contribution in [0.15, 0.2) is 60.9 Å². The fraction of sp³-hybridized carbons (Fsp3) is 0.259. The molecule has 0 radical (unpaired) electrons. The summed E-state index contributed by atoms with van der Waals surface area (Å²) in [6.45, 7) is 2.95. The van der Waals surface area contributed by atoms with Gasteiger partial charge in [0.05, 0.1) is 35.3 Å². The molecule has 8 heteroatoms. The Hall–Kier alpha value is -3.62. The molecule has 0 amide bonds. The van der Waals surface area contributed by atoms with Crippen LogP contribution in [0.3, 0.4) is 0 Å². The molecule has 2 fully saturated rings. The molecule has 2 aliphatic heterocycles. The topological polar surface area (TPSA) is 76.3 Å². The Kier molecular flexibility index (Phi) is 5.54. The normalized spacial score (nSPS) is 20.1. The SMILES string of the molecule is Nc1cccnc1-c1ccc2ncc(-c3cc(F)cc(F)c3)c(N3CCC4NCCOC4C3)c2c1. The number of aromatic nitrogens is 2. The summed E-state index contributed by atoms with van der Waals surface area (Å²) in [5.74, 6) is -1.25. The fourth-order valence-electron chi connectivity index (χ4n) is 5.22. The van der Waals surface area contributed by atoms with E-state index in [1.165, 1.54) is 12.1 Å². The van der Waals surface area contributed by atoms with Crippen molar-refractivity contribution in [3.63, 3.8) is 0 Å². The lowest BCUT2D eigenvalue weighted by molar-refractivity contribution is -0.00896. The van der Waals surface area contributed by atoms with Gasteiger partial charge in [-0.2, -0.15) is 0 Å². The van der Waals surface area contributed by atoms with Crippen LogP contribution in [0.25, 0.3) is 33.3 Å². The Bertz CT molecular complexity index is 1390. The molecule has 178 valence electrons. The standard InChI is InChI=1S/C27H25F2N5O/c28-18-10-17(11-19(29)13-18)21-14-33-23-4-3-16(26-22(30)2-1-6-32-26)12-20(23)27(21)34-8-5-24-25(15-34)35-9-7-31-24/h1-4,6,10-14,24-25,31H,5,7-9,15,30H2. The van der Waals surface area contributed by atoms with Gasteiger partial charge in [-0.15, -0.1) is 0 Å². The third-order valence-corrected chi connectivity index (χ3v) is 6.84. The number of ether oxygens (including phenoxy) is 1. The van der Waals surface area contributed by atoms with Gasteiger partial charge in [-0.1, -0.05) is 6.07 Å². The highest BCUT2D eigenvalue weighted by molar-refractivity contribution is 6.02. The minimum atomic E-state index is -0.625. The van der Waals surface area contributed by atoms with Gasteiger partial charge >= 0.3 is 0 Å². The molecule has 0 spiro atoms. The summed E-state index contributed by atoms with van der Waals surface area (Å²) in [4.78, 5) is 11.4. The van der Waals surface area contributed by atoms with E-state index < -0.39 is 11.6 Å². The third-order valence-electron chi connectivity index (χ3n) is 6.84. The molecule has 2 aliphatic rings. The van der Waals surface area contributed by atoms with Crippen molar-refractivity contribution in [1.82, 2.24) is 15.3 Å². The summed E-state index contributed by atoms with van der Waals surface area (Å²) >= 11 is 0. The van der Waals surface area contributed by atoms with E-state index in [1.54, 1.807) is 18.5 Å². The maximum absolute atomic E-state index is 14.2. The van der Waals surface area contributed by atoms with Crippen molar-refractivity contribution in [2.75, 3.05) is 36.9 Å². The van der Waals surface area contributed by atoms with E-state index in [-0.39, 0.29) is 6.10 Å². The van der Waals surface area contributed by atoms with Gasteiger partial charge < -0.3 is 20.7 Å². The minimum Gasteiger partial charge on any atom is -0.397 e. The van der Waals surface area contributed by atoms with Gasteiger partial charge in [0.1, 0.15) is 11.6 Å². The van der Waals surface area contributed by atoms with Gasteiger partial charge in [-0.25, -0.2) is 8.78 Å². The molecule has 0 aliphatic carbocycles. The van der Waals surface area contributed by atoms with Gasteiger partial charge in [-0.05, 0) is 48.4 Å². The molecule has 3 N–H and O–H groups in total. The van der Waals surface area contributed by atoms with E-state index >= 15 is 0 Å². The van der Waals surface area contributed by atoms with Gasteiger partial charge in [0.15, 0.2) is 0 Å². The Morgan fingerprint density at radius 1 is 1.03 bits per heavy atom. The van der Waals surface area contributed by atoms with E-state index in [0.29, 0.717) is 41.7 Å². The minimum absolute atomic E-state index is 0.0347. The van der Waals surface area contributed by atoms with E-state index in [0.717, 1.165) is 47.7 Å². The average Bonchev–Trinajstić information content (AvgIpc) is 2.87. The van der Waals surface area contributed by atoms with Gasteiger partial charge in [0, 0.05) is 60.6 Å². The zero-order valence-electron chi connectivity index (χ0n) is 19.0. The van der Waals surface area contributed by atoms with E-state index in [2.05, 4.69) is 20.2 Å². The predicted molar refractivity (Wildman–Crippen MR) is 133 cm³/mol. The monoisotopic (exact) mass is 473 g/mol. The first kappa shape index (κ1) is 21.9. The highest BCUT2D eigenvalue weighted by Crippen LogP contribution is 2.40. The molecule has 2 aromatic carbocycles. The average molecular weight is 474 g/mol. The van der Waals surface area contributed by atoms with Crippen molar-refractivity contribution in [2.45, 2.75) is 18.6 Å². The zero-order valence-corrected chi connectivity index (χ0v) is 19.0. The van der Waals surface area contributed by atoms with Gasteiger partial charge in [0.25, 0.3) is 0 Å². The molecule has 6 nitrogen and oxygen atoms in total. The Morgan fingerprint density at radius 2 is 1.89 bits per heavy atom. The molecular weight excluding hydrogens is 448 g/mol. The summed E-state index contributed by atoms with van der Waals surface area (Å²) in [6, 6.07) is 13.4. The molecule has 0 saturated carbocycles. The quantitative estimate of drug-likeness (QED) is 0.460. The Morgan fingerprint density at radius 3 is 2.71 bits per heavy atom. The van der Waals surface area contributed by atoms with Gasteiger partial charge in [-0.3, -0.25) is 9.97 Å². The van der Waals surface area contributed by atoms with Crippen molar-refractivity contribution >= 4 is 22.3 Å². The second-order valence-electron chi connectivity index (χ2n) is 9.06. The summed E-state index contributed by atoms with van der Waals surface area (Å²) in [6.07, 6.45) is 4.34. The summed E-state index contributed by atoms with van der Waals surface area (Å²) < 4.78 is 34.5. The number of morpholine rings is 1. The number of halogens is 2. The number of nitrogens with zero attached hydrogens (tertiary/aromatic N) is 3. The van der Waals surface area contributed by atoms with Crippen LogP contribution in [-0.2, 0) is 4.74 Å². The number of piperidine rings is 1. The molecule has 6 rings (SSSR count). The summed E-state index contributed by atoms with van der Waals surface area (Å²) in [7, 11) is 0. The first-order valence-electron chi connectivity index (χ1n) is 11.8. The third kappa shape index (κ3) is 4.09. The molecule has 2 aromatic heterocycles. The molecular formula is C27H25F2N5O. The molecule has 0 bridgehead atoms. The second kappa shape index (κ2) is 8.87. The van der Waals surface area contributed by atoms with Crippen LogP contribution in [0.5, 0.6) is 0 Å². The zero-order chi connectivity index (χ0) is 23.9. The maximum atomic E-state index is 14.2. The first-order valence-corrected chi connectivity index (χ1v) is 11.8. The highest BCUT2D eigenvalue weighted by atomic mass is 19.1. The summed E-state index contributed by atoms with van der Waals surface area (Å²) in [5.41, 5.74) is 11.1. The predicted octanol–water partition coefficient (Wildman–Crippen LogP) is 4.39. The van der Waals surface area contributed by atoms with Crippen LogP contribution < -0.4 is 16.0 Å². The molecule has 4 aromatic rings. The largest absolute Gasteiger partial charge is 0.397 e. The smallest absolute Gasteiger partial charge is 0.126 e. The molecule has 2 atom stereocenters. The number of hydrogen-bond acceptors (Lipinski definition) is 6. The Labute approximate surface area is 201 Å². The van der Waals surface area contributed by atoms with Crippen molar-refractivity contribution in [3.8, 4) is 22.4 Å². The van der Waals surface area contributed by atoms with Crippen molar-refractivity contribution in [2.24, 2.45) is 0 Å².